The molecule has 0 aliphatic carbocycles. The second-order valence-corrected chi connectivity index (χ2v) is 7.17. The van der Waals surface area contributed by atoms with Crippen molar-refractivity contribution in [1.82, 2.24) is 10.2 Å². The smallest absolute Gasteiger partial charge is 0.235 e. The number of aromatic nitrogens is 2. The largest absolute Gasteiger partial charge is 0.325 e. The van der Waals surface area contributed by atoms with Crippen LogP contribution < -0.4 is 10.6 Å². The number of H-pyrrole nitrogens is 1. The number of hydrogen-bond donors (Lipinski definition) is 3. The molecule has 3 rings (SSSR count). The Kier molecular flexibility index (Phi) is 6.03. The highest BCUT2D eigenvalue weighted by atomic mass is 32.2. The van der Waals surface area contributed by atoms with E-state index in [2.05, 4.69) is 20.8 Å². The molecular formula is C17H15FN4O2S2. The van der Waals surface area contributed by atoms with E-state index in [1.165, 1.54) is 36.0 Å². The van der Waals surface area contributed by atoms with Gasteiger partial charge >= 0.3 is 0 Å². The lowest BCUT2D eigenvalue weighted by Gasteiger charge is -2.05. The van der Waals surface area contributed by atoms with Crippen molar-refractivity contribution in [3.63, 3.8) is 0 Å². The van der Waals surface area contributed by atoms with Crippen LogP contribution >= 0.6 is 23.1 Å². The number of nitrogens with one attached hydrogen (secondary N) is 3. The molecule has 0 fully saturated rings. The van der Waals surface area contributed by atoms with Gasteiger partial charge in [-0.3, -0.25) is 14.7 Å². The lowest BCUT2D eigenvalue weighted by Crippen LogP contribution is -2.18. The first kappa shape index (κ1) is 18.2. The summed E-state index contributed by atoms with van der Waals surface area (Å²) in [6.45, 7) is 0. The molecule has 3 N–H and O–H groups in total. The number of carbonyl (C=O) groups excluding carboxylic acids is 2. The predicted molar refractivity (Wildman–Crippen MR) is 103 cm³/mol. The fraction of sp³-hybridized carbons (Fsp3) is 0.118. The van der Waals surface area contributed by atoms with Crippen LogP contribution in [0.3, 0.4) is 0 Å². The Bertz CT molecular complexity index is 879. The van der Waals surface area contributed by atoms with Crippen molar-refractivity contribution in [3.05, 3.63) is 53.7 Å². The molecule has 9 heteroatoms. The van der Waals surface area contributed by atoms with Gasteiger partial charge in [-0.2, -0.15) is 5.10 Å². The first-order valence-corrected chi connectivity index (χ1v) is 9.66. The molecule has 26 heavy (non-hydrogen) atoms. The standard InChI is InChI=1S/C17H15FN4O2S2/c18-11-3-5-12(6-4-11)19-16(23)9-25-10-17(24)20-15-8-13(21-22-15)14-2-1-7-26-14/h1-8H,9-10H2,(H,19,23)(H2,20,21,22,24). The summed E-state index contributed by atoms with van der Waals surface area (Å²) in [6, 6.07) is 11.2. The Hall–Kier alpha value is -2.65. The average molecular weight is 390 g/mol. The monoisotopic (exact) mass is 390 g/mol. The van der Waals surface area contributed by atoms with Crippen molar-refractivity contribution in [2.75, 3.05) is 22.1 Å². The quantitative estimate of drug-likeness (QED) is 0.575. The van der Waals surface area contributed by atoms with Gasteiger partial charge in [0.05, 0.1) is 22.1 Å². The number of hydrogen-bond acceptors (Lipinski definition) is 5. The molecule has 0 aliphatic heterocycles. The lowest BCUT2D eigenvalue weighted by molar-refractivity contribution is -0.114. The maximum atomic E-state index is 12.8. The normalized spacial score (nSPS) is 10.5. The van der Waals surface area contributed by atoms with Crippen LogP contribution in [-0.4, -0.2) is 33.5 Å². The minimum Gasteiger partial charge on any atom is -0.325 e. The van der Waals surface area contributed by atoms with Crippen molar-refractivity contribution < 1.29 is 14.0 Å². The minimum atomic E-state index is -0.366. The highest BCUT2D eigenvalue weighted by Crippen LogP contribution is 2.24. The van der Waals surface area contributed by atoms with Gasteiger partial charge in [0, 0.05) is 11.8 Å². The molecule has 0 saturated heterocycles. The molecular weight excluding hydrogens is 375 g/mol. The summed E-state index contributed by atoms with van der Waals surface area (Å²) in [5.74, 6) is -0.184. The number of aromatic amines is 1. The van der Waals surface area contributed by atoms with Crippen molar-refractivity contribution >= 4 is 46.4 Å². The Balaban J connectivity index is 1.40. The Labute approximate surface area is 157 Å². The predicted octanol–water partition coefficient (Wildman–Crippen LogP) is 3.59. The number of benzene rings is 1. The van der Waals surface area contributed by atoms with E-state index in [0.717, 1.165) is 10.6 Å². The second kappa shape index (κ2) is 8.63. The third-order valence-electron chi connectivity index (χ3n) is 3.23. The molecule has 3 aromatic rings. The Morgan fingerprint density at radius 3 is 2.54 bits per heavy atom. The van der Waals surface area contributed by atoms with Gasteiger partial charge in [0.1, 0.15) is 5.82 Å². The number of rotatable bonds is 7. The van der Waals surface area contributed by atoms with Gasteiger partial charge in [0.2, 0.25) is 11.8 Å². The Morgan fingerprint density at radius 2 is 1.85 bits per heavy atom. The van der Waals surface area contributed by atoms with Crippen LogP contribution in [0.2, 0.25) is 0 Å². The number of nitrogens with zero attached hydrogens (tertiary/aromatic N) is 1. The maximum Gasteiger partial charge on any atom is 0.235 e. The first-order chi connectivity index (χ1) is 12.6. The van der Waals surface area contributed by atoms with Gasteiger partial charge < -0.3 is 10.6 Å². The molecule has 0 bridgehead atoms. The molecule has 0 spiro atoms. The van der Waals surface area contributed by atoms with Gasteiger partial charge in [-0.05, 0) is 35.7 Å². The molecule has 2 amide bonds. The van der Waals surface area contributed by atoms with Gasteiger partial charge in [-0.1, -0.05) is 6.07 Å². The van der Waals surface area contributed by atoms with Crippen molar-refractivity contribution in [2.45, 2.75) is 0 Å². The van der Waals surface area contributed by atoms with Crippen LogP contribution in [0, 0.1) is 5.82 Å². The zero-order valence-corrected chi connectivity index (χ0v) is 15.1. The summed E-state index contributed by atoms with van der Waals surface area (Å²) in [7, 11) is 0. The van der Waals surface area contributed by atoms with E-state index in [1.54, 1.807) is 17.4 Å². The van der Waals surface area contributed by atoms with E-state index in [-0.39, 0.29) is 29.1 Å². The molecule has 0 atom stereocenters. The van der Waals surface area contributed by atoms with Crippen LogP contribution in [-0.2, 0) is 9.59 Å². The SMILES string of the molecule is O=C(CSCC(=O)Nc1cc(-c2cccs2)[nH]n1)Nc1ccc(F)cc1. The van der Waals surface area contributed by atoms with Gasteiger partial charge in [0.15, 0.2) is 5.82 Å². The third-order valence-corrected chi connectivity index (χ3v) is 5.06. The average Bonchev–Trinajstić information content (AvgIpc) is 3.28. The van der Waals surface area contributed by atoms with Crippen molar-refractivity contribution in [3.8, 4) is 10.6 Å². The van der Waals surface area contributed by atoms with E-state index in [1.807, 2.05) is 17.5 Å². The molecule has 2 heterocycles. The highest BCUT2D eigenvalue weighted by Gasteiger charge is 2.09. The van der Waals surface area contributed by atoms with E-state index in [4.69, 9.17) is 0 Å². The molecule has 0 radical (unpaired) electrons. The molecule has 0 saturated carbocycles. The van der Waals surface area contributed by atoms with E-state index >= 15 is 0 Å². The highest BCUT2D eigenvalue weighted by molar-refractivity contribution is 8.00. The van der Waals surface area contributed by atoms with Gasteiger partial charge in [0.25, 0.3) is 0 Å². The number of thiophene rings is 1. The summed E-state index contributed by atoms with van der Waals surface area (Å²) in [5.41, 5.74) is 1.35. The number of carbonyl (C=O) groups is 2. The zero-order valence-electron chi connectivity index (χ0n) is 13.5. The van der Waals surface area contributed by atoms with E-state index in [0.29, 0.717) is 11.5 Å². The third kappa shape index (κ3) is 5.17. The van der Waals surface area contributed by atoms with Crippen molar-refractivity contribution in [2.24, 2.45) is 0 Å². The van der Waals surface area contributed by atoms with Crippen LogP contribution in [0.4, 0.5) is 15.9 Å². The number of thioether (sulfide) groups is 1. The molecule has 6 nitrogen and oxygen atoms in total. The van der Waals surface area contributed by atoms with Crippen LogP contribution in [0.1, 0.15) is 0 Å². The molecule has 2 aromatic heterocycles. The zero-order chi connectivity index (χ0) is 18.4. The lowest BCUT2D eigenvalue weighted by atomic mass is 10.3. The van der Waals surface area contributed by atoms with E-state index < -0.39 is 0 Å². The summed E-state index contributed by atoms with van der Waals surface area (Å²) in [4.78, 5) is 24.8. The summed E-state index contributed by atoms with van der Waals surface area (Å²) in [6.07, 6.45) is 0. The van der Waals surface area contributed by atoms with Gasteiger partial charge in [-0.15, -0.1) is 23.1 Å². The maximum absolute atomic E-state index is 12.8. The summed E-state index contributed by atoms with van der Waals surface area (Å²) >= 11 is 2.75. The fourth-order valence-corrected chi connectivity index (χ4v) is 3.40. The fourth-order valence-electron chi connectivity index (χ4n) is 2.09. The molecule has 1 aromatic carbocycles. The minimum absolute atomic E-state index is 0.117. The van der Waals surface area contributed by atoms with Crippen LogP contribution in [0.25, 0.3) is 10.6 Å². The first-order valence-electron chi connectivity index (χ1n) is 7.62. The summed E-state index contributed by atoms with van der Waals surface area (Å²) in [5, 5.41) is 14.2. The molecule has 0 aliphatic rings. The number of halogens is 1. The topological polar surface area (TPSA) is 86.9 Å². The van der Waals surface area contributed by atoms with Crippen molar-refractivity contribution in [1.29, 1.82) is 0 Å². The van der Waals surface area contributed by atoms with Crippen LogP contribution in [0.5, 0.6) is 0 Å². The van der Waals surface area contributed by atoms with E-state index in [9.17, 15) is 14.0 Å². The molecule has 134 valence electrons. The molecule has 0 unspecified atom stereocenters. The Morgan fingerprint density at radius 1 is 1.12 bits per heavy atom. The summed E-state index contributed by atoms with van der Waals surface area (Å²) < 4.78 is 12.8. The van der Waals surface area contributed by atoms with Gasteiger partial charge in [-0.25, -0.2) is 4.39 Å². The number of anilines is 2. The van der Waals surface area contributed by atoms with Crippen LogP contribution in [0.15, 0.2) is 47.8 Å². The second-order valence-electron chi connectivity index (χ2n) is 5.24. The number of amides is 2.